The second kappa shape index (κ2) is 20.4. The van der Waals surface area contributed by atoms with Crippen molar-refractivity contribution in [2.45, 2.75) is 100 Å². The Morgan fingerprint density at radius 1 is 0.290 bits per heavy atom. The van der Waals surface area contributed by atoms with Gasteiger partial charge in [0.05, 0.1) is 0 Å². The van der Waals surface area contributed by atoms with Gasteiger partial charge in [0.25, 0.3) is 0 Å². The molecule has 0 aliphatic heterocycles. The molecule has 0 fully saturated rings. The number of hydrogen-bond donors (Lipinski definition) is 0. The van der Waals surface area contributed by atoms with Crippen LogP contribution >= 0.6 is 0 Å². The molecule has 0 aliphatic rings. The van der Waals surface area contributed by atoms with Gasteiger partial charge < -0.3 is 18.9 Å². The van der Waals surface area contributed by atoms with Gasteiger partial charge >= 0.3 is 102 Å². The van der Waals surface area contributed by atoms with Crippen molar-refractivity contribution in [1.29, 1.82) is 0 Å². The predicted octanol–water partition coefficient (Wildman–Crippen LogP) is 9.80. The SMILES string of the molecule is C=C(C)C(=O)OCC(F)(F)C(F)(F)OC(F)(F)C(C(F)(F)OC(F)(F)C(F)(F)COC(=O)C(=C)C)(C(F)(F)OC(F)(F)C(F)(F)COC(=O)C(=C)C)C(F)(F)OC(F)(F)C(F)(F)COC(=O)C(=C)C. The molecule has 0 aliphatic carbocycles. The van der Waals surface area contributed by atoms with E-state index in [0.717, 1.165) is 0 Å². The molecular formula is C33H28F24O12. The van der Waals surface area contributed by atoms with Crippen molar-refractivity contribution in [1.82, 2.24) is 0 Å². The number of hydrogen-bond acceptors (Lipinski definition) is 12. The Hall–Kier alpha value is -5.00. The van der Waals surface area contributed by atoms with Gasteiger partial charge in [-0.25, -0.2) is 38.1 Å². The second-order valence-electron chi connectivity index (χ2n) is 13.5. The Bertz CT molecular complexity index is 1700. The summed E-state index contributed by atoms with van der Waals surface area (Å²) < 4.78 is 383. The van der Waals surface area contributed by atoms with E-state index in [1.807, 2.05) is 0 Å². The third-order valence-corrected chi connectivity index (χ3v) is 7.41. The first-order chi connectivity index (χ1) is 30.1. The molecule has 0 heterocycles. The zero-order valence-electron chi connectivity index (χ0n) is 34.1. The first-order valence-electron chi connectivity index (χ1n) is 16.8. The van der Waals surface area contributed by atoms with Crippen LogP contribution < -0.4 is 0 Å². The molecule has 0 unspecified atom stereocenters. The number of carbonyl (C=O) groups is 4. The van der Waals surface area contributed by atoms with E-state index in [1.165, 1.54) is 0 Å². The maximum atomic E-state index is 16.1. The Balaban J connectivity index is 9.11. The lowest BCUT2D eigenvalue weighted by atomic mass is 9.80. The Kier molecular flexibility index (Phi) is 18.9. The minimum Gasteiger partial charge on any atom is -0.456 e. The normalized spacial score (nSPS) is 14.4. The van der Waals surface area contributed by atoms with E-state index in [0.29, 0.717) is 27.7 Å². The Labute approximate surface area is 367 Å². The lowest BCUT2D eigenvalue weighted by Gasteiger charge is -2.51. The number of esters is 4. The topological polar surface area (TPSA) is 142 Å². The maximum absolute atomic E-state index is 16.1. The van der Waals surface area contributed by atoms with E-state index in [1.54, 1.807) is 18.9 Å². The van der Waals surface area contributed by atoms with Gasteiger partial charge in [-0.1, -0.05) is 26.3 Å². The van der Waals surface area contributed by atoms with Crippen molar-refractivity contribution in [2.24, 2.45) is 5.41 Å². The molecule has 0 N–H and O–H groups in total. The smallest absolute Gasteiger partial charge is 0.427 e. The fourth-order valence-electron chi connectivity index (χ4n) is 3.72. The standard InChI is InChI=1S/C33H28F24O12/c1-13(2)17(58)62-9-21(34,35)26(42,43)66-30(50,51)25(31(52,53)67-27(44,45)22(36,37)10-63-18(59)14(3)4,32(54,55)68-28(46,47)23(38,39)11-64-19(60)15(5)6)33(56,57)69-29(48,49)24(40,41)12-65-20(61)16(7)8/h1,3,5,7,9-12H2,2,4,6,8H3. The number of rotatable bonds is 28. The van der Waals surface area contributed by atoms with Crippen LogP contribution in [0.1, 0.15) is 27.7 Å². The van der Waals surface area contributed by atoms with Crippen LogP contribution in [0.4, 0.5) is 105 Å². The van der Waals surface area contributed by atoms with Crippen molar-refractivity contribution in [3.05, 3.63) is 48.6 Å². The third-order valence-electron chi connectivity index (χ3n) is 7.41. The number of carbonyl (C=O) groups excluding carboxylic acids is 4. The van der Waals surface area contributed by atoms with Gasteiger partial charge in [0.2, 0.25) is 0 Å². The second-order valence-corrected chi connectivity index (χ2v) is 13.5. The number of halogens is 24. The van der Waals surface area contributed by atoms with Crippen molar-refractivity contribution >= 4 is 23.9 Å². The number of alkyl halides is 24. The molecule has 12 nitrogen and oxygen atoms in total. The van der Waals surface area contributed by atoms with Crippen LogP contribution in [0, 0.1) is 5.41 Å². The molecule has 0 bridgehead atoms. The summed E-state index contributed by atoms with van der Waals surface area (Å²) in [5.41, 5.74) is -14.6. The Morgan fingerprint density at radius 2 is 0.420 bits per heavy atom. The summed E-state index contributed by atoms with van der Waals surface area (Å²) in [6.07, 6.45) is -70.8. The van der Waals surface area contributed by atoms with Crippen LogP contribution in [0.5, 0.6) is 0 Å². The summed E-state index contributed by atoms with van der Waals surface area (Å²) in [5, 5.41) is 0. The highest BCUT2D eigenvalue weighted by Gasteiger charge is 2.98. The van der Waals surface area contributed by atoms with Crippen molar-refractivity contribution in [3.8, 4) is 0 Å². The fraction of sp³-hybridized carbons (Fsp3) is 0.636. The van der Waals surface area contributed by atoms with E-state index >= 15 is 35.1 Å². The van der Waals surface area contributed by atoms with Gasteiger partial charge in [-0.2, -0.15) is 105 Å². The molecule has 0 amide bonds. The molecule has 0 aromatic heterocycles. The van der Waals surface area contributed by atoms with Crippen molar-refractivity contribution < 1.29 is 162 Å². The van der Waals surface area contributed by atoms with Crippen LogP contribution in [0.15, 0.2) is 48.6 Å². The Morgan fingerprint density at radius 3 is 0.536 bits per heavy atom. The van der Waals surface area contributed by atoms with Gasteiger partial charge in [-0.05, 0) is 27.7 Å². The monoisotopic (exact) mass is 1070 g/mol. The molecule has 36 heteroatoms. The van der Waals surface area contributed by atoms with Crippen molar-refractivity contribution in [3.63, 3.8) is 0 Å². The molecule has 0 saturated heterocycles. The van der Waals surface area contributed by atoms with E-state index in [4.69, 9.17) is 0 Å². The summed E-state index contributed by atoms with van der Waals surface area (Å²) in [6.45, 7) is -2.14. The van der Waals surface area contributed by atoms with Gasteiger partial charge in [-0.15, -0.1) is 0 Å². The zero-order chi connectivity index (χ0) is 55.6. The summed E-state index contributed by atoms with van der Waals surface area (Å²) in [4.78, 5) is 45.7. The van der Waals surface area contributed by atoms with E-state index in [-0.39, 0.29) is 0 Å². The van der Waals surface area contributed by atoms with E-state index in [9.17, 15) is 89.4 Å². The molecule has 69 heavy (non-hydrogen) atoms. The van der Waals surface area contributed by atoms with E-state index in [2.05, 4.69) is 45.3 Å². The molecule has 0 rings (SSSR count). The van der Waals surface area contributed by atoms with Crippen LogP contribution in [-0.2, 0) is 57.1 Å². The van der Waals surface area contributed by atoms with Crippen LogP contribution in [0.3, 0.4) is 0 Å². The van der Waals surface area contributed by atoms with Gasteiger partial charge in [0.15, 0.2) is 26.4 Å². The van der Waals surface area contributed by atoms with Crippen molar-refractivity contribution in [2.75, 3.05) is 26.4 Å². The minimum atomic E-state index is -10.1. The molecular weight excluding hydrogens is 1040 g/mol. The fourth-order valence-corrected chi connectivity index (χ4v) is 3.72. The van der Waals surface area contributed by atoms with Gasteiger partial charge in [0, 0.05) is 22.3 Å². The number of ether oxygens (including phenoxy) is 8. The molecule has 0 aromatic carbocycles. The first kappa shape index (κ1) is 64.0. The molecule has 0 atom stereocenters. The quantitative estimate of drug-likeness (QED) is 0.0319. The maximum Gasteiger partial charge on any atom is 0.427 e. The van der Waals surface area contributed by atoms with Crippen LogP contribution in [0.25, 0.3) is 0 Å². The van der Waals surface area contributed by atoms with Crippen LogP contribution in [-0.4, -0.2) is 123 Å². The first-order valence-corrected chi connectivity index (χ1v) is 16.8. The zero-order valence-corrected chi connectivity index (χ0v) is 34.1. The molecule has 0 radical (unpaired) electrons. The predicted molar refractivity (Wildman–Crippen MR) is 169 cm³/mol. The summed E-state index contributed by atoms with van der Waals surface area (Å²) in [6, 6.07) is 0. The summed E-state index contributed by atoms with van der Waals surface area (Å²) in [7, 11) is 0. The van der Waals surface area contributed by atoms with Gasteiger partial charge in [-0.3, -0.25) is 0 Å². The third kappa shape index (κ3) is 13.7. The molecule has 400 valence electrons. The highest BCUT2D eigenvalue weighted by Crippen LogP contribution is 2.70. The summed E-state index contributed by atoms with van der Waals surface area (Å²) in [5.74, 6) is -38.0. The molecule has 0 aromatic rings. The highest BCUT2D eigenvalue weighted by atomic mass is 19.4. The highest BCUT2D eigenvalue weighted by molar-refractivity contribution is 5.88. The average Bonchev–Trinajstić information content (AvgIpc) is 3.11. The average molecular weight is 1070 g/mol. The van der Waals surface area contributed by atoms with E-state index < -0.39 is 151 Å². The lowest BCUT2D eigenvalue weighted by molar-refractivity contribution is -0.624. The molecule has 0 spiro atoms. The minimum absolute atomic E-state index is 0.460. The lowest BCUT2D eigenvalue weighted by Crippen LogP contribution is -2.78. The molecule has 0 saturated carbocycles. The largest absolute Gasteiger partial charge is 0.456 e. The van der Waals surface area contributed by atoms with Gasteiger partial charge in [0.1, 0.15) is 0 Å². The van der Waals surface area contributed by atoms with Crippen LogP contribution in [0.2, 0.25) is 0 Å². The summed E-state index contributed by atoms with van der Waals surface area (Å²) >= 11 is 0.